The van der Waals surface area contributed by atoms with Crippen molar-refractivity contribution in [3.05, 3.63) is 54.1 Å². The number of ether oxygens (including phenoxy) is 2. The van der Waals surface area contributed by atoms with Gasteiger partial charge in [-0.2, -0.15) is 0 Å². The highest BCUT2D eigenvalue weighted by Gasteiger charge is 2.18. The molecule has 0 aromatic heterocycles. The van der Waals surface area contributed by atoms with Crippen molar-refractivity contribution in [3.8, 4) is 5.75 Å². The Labute approximate surface area is 170 Å². The molecule has 0 heterocycles. The van der Waals surface area contributed by atoms with Crippen LogP contribution in [0.4, 0.5) is 11.4 Å². The highest BCUT2D eigenvalue weighted by atomic mass is 16.5. The van der Waals surface area contributed by atoms with Gasteiger partial charge in [-0.1, -0.05) is 18.2 Å². The number of benzene rings is 2. The summed E-state index contributed by atoms with van der Waals surface area (Å²) in [5.41, 5.74) is 2.09. The Kier molecular flexibility index (Phi) is 8.21. The normalized spacial score (nSPS) is 11.3. The van der Waals surface area contributed by atoms with Gasteiger partial charge in [-0.05, 0) is 56.2 Å². The molecule has 0 bridgehead atoms. The highest BCUT2D eigenvalue weighted by Crippen LogP contribution is 2.20. The van der Waals surface area contributed by atoms with Gasteiger partial charge in [-0.3, -0.25) is 14.4 Å². The maximum atomic E-state index is 12.2. The Morgan fingerprint density at radius 2 is 1.59 bits per heavy atom. The van der Waals surface area contributed by atoms with Gasteiger partial charge in [0.2, 0.25) is 5.91 Å². The first-order valence-electron chi connectivity index (χ1n) is 9.47. The number of hydrogen-bond acceptors (Lipinski definition) is 5. The van der Waals surface area contributed by atoms with Crippen LogP contribution in [0.2, 0.25) is 0 Å². The van der Waals surface area contributed by atoms with Crippen molar-refractivity contribution in [2.24, 2.45) is 0 Å². The molecule has 0 radical (unpaired) electrons. The number of hydrogen-bond donors (Lipinski definition) is 2. The van der Waals surface area contributed by atoms with Crippen LogP contribution in [0.25, 0.3) is 0 Å². The molecule has 2 amide bonds. The van der Waals surface area contributed by atoms with Crippen molar-refractivity contribution in [2.75, 3.05) is 17.2 Å². The Morgan fingerprint density at radius 1 is 0.966 bits per heavy atom. The molecule has 0 unspecified atom stereocenters. The lowest BCUT2D eigenvalue weighted by Crippen LogP contribution is -2.30. The topological polar surface area (TPSA) is 93.7 Å². The lowest BCUT2D eigenvalue weighted by atomic mass is 10.1. The molecular formula is C22H26N2O5. The van der Waals surface area contributed by atoms with E-state index >= 15 is 0 Å². The summed E-state index contributed by atoms with van der Waals surface area (Å²) >= 11 is 0. The van der Waals surface area contributed by atoms with Gasteiger partial charge in [-0.25, -0.2) is 0 Å². The molecule has 2 N–H and O–H groups in total. The minimum atomic E-state index is -0.931. The Hall–Kier alpha value is -3.35. The average Bonchev–Trinajstić information content (AvgIpc) is 2.68. The van der Waals surface area contributed by atoms with Crippen LogP contribution in [0.1, 0.15) is 32.8 Å². The van der Waals surface area contributed by atoms with Crippen molar-refractivity contribution in [3.63, 3.8) is 0 Å². The molecule has 0 fully saturated rings. The fraction of sp³-hybridized carbons (Fsp3) is 0.318. The summed E-state index contributed by atoms with van der Waals surface area (Å²) in [6, 6.07) is 14.2. The van der Waals surface area contributed by atoms with Gasteiger partial charge in [0.15, 0.2) is 6.10 Å². The molecule has 0 spiro atoms. The van der Waals surface area contributed by atoms with Crippen LogP contribution in [0.3, 0.4) is 0 Å². The van der Waals surface area contributed by atoms with Crippen molar-refractivity contribution in [1.82, 2.24) is 0 Å². The van der Waals surface area contributed by atoms with E-state index in [2.05, 4.69) is 10.6 Å². The smallest absolute Gasteiger partial charge is 0.306 e. The SMILES string of the molecule is CCOc1ccccc1CCC(=O)O[C@H](C)C(=O)Nc1ccc(NC(C)=O)cc1. The molecule has 2 aromatic rings. The molecule has 0 saturated heterocycles. The lowest BCUT2D eigenvalue weighted by molar-refractivity contribution is -0.153. The summed E-state index contributed by atoms with van der Waals surface area (Å²) < 4.78 is 10.8. The average molecular weight is 398 g/mol. The number of nitrogens with one attached hydrogen (secondary N) is 2. The van der Waals surface area contributed by atoms with E-state index < -0.39 is 18.0 Å². The minimum absolute atomic E-state index is 0.146. The van der Waals surface area contributed by atoms with E-state index in [0.717, 1.165) is 11.3 Å². The van der Waals surface area contributed by atoms with E-state index in [1.165, 1.54) is 13.8 Å². The second-order valence-corrected chi connectivity index (χ2v) is 6.42. The van der Waals surface area contributed by atoms with E-state index in [4.69, 9.17) is 9.47 Å². The van der Waals surface area contributed by atoms with Crippen LogP contribution in [0, 0.1) is 0 Å². The van der Waals surface area contributed by atoms with Crippen LogP contribution >= 0.6 is 0 Å². The molecule has 7 heteroatoms. The number of esters is 1. The largest absolute Gasteiger partial charge is 0.494 e. The van der Waals surface area contributed by atoms with E-state index in [9.17, 15) is 14.4 Å². The minimum Gasteiger partial charge on any atom is -0.494 e. The first kappa shape index (κ1) is 21.9. The summed E-state index contributed by atoms with van der Waals surface area (Å²) in [6.45, 7) is 5.39. The molecule has 2 rings (SSSR count). The molecule has 1 atom stereocenters. The molecule has 2 aromatic carbocycles. The Balaban J connectivity index is 1.82. The highest BCUT2D eigenvalue weighted by molar-refractivity contribution is 5.95. The second kappa shape index (κ2) is 10.8. The van der Waals surface area contributed by atoms with Gasteiger partial charge >= 0.3 is 5.97 Å². The van der Waals surface area contributed by atoms with Crippen LogP contribution < -0.4 is 15.4 Å². The van der Waals surface area contributed by atoms with Crippen LogP contribution in [0.5, 0.6) is 5.75 Å². The third-order valence-electron chi connectivity index (χ3n) is 4.02. The zero-order valence-electron chi connectivity index (χ0n) is 16.9. The lowest BCUT2D eigenvalue weighted by Gasteiger charge is -2.14. The van der Waals surface area contributed by atoms with Crippen molar-refractivity contribution < 1.29 is 23.9 Å². The monoisotopic (exact) mass is 398 g/mol. The Morgan fingerprint density at radius 3 is 2.21 bits per heavy atom. The number of anilines is 2. The molecular weight excluding hydrogens is 372 g/mol. The number of aryl methyl sites for hydroxylation is 1. The fourth-order valence-corrected chi connectivity index (χ4v) is 2.64. The van der Waals surface area contributed by atoms with Crippen LogP contribution in [0.15, 0.2) is 48.5 Å². The standard InChI is InChI=1S/C22H26N2O5/c1-4-28-20-8-6-5-7-17(20)9-14-21(26)29-15(2)22(27)24-19-12-10-18(11-13-19)23-16(3)25/h5-8,10-13,15H,4,9,14H2,1-3H3,(H,23,25)(H,24,27)/t15-/m1/s1. The van der Waals surface area contributed by atoms with E-state index in [0.29, 0.717) is 24.4 Å². The van der Waals surface area contributed by atoms with E-state index in [1.807, 2.05) is 31.2 Å². The van der Waals surface area contributed by atoms with Crippen LogP contribution in [-0.2, 0) is 25.5 Å². The number of amides is 2. The molecule has 0 aliphatic carbocycles. The van der Waals surface area contributed by atoms with Crippen molar-refractivity contribution >= 4 is 29.2 Å². The summed E-state index contributed by atoms with van der Waals surface area (Å²) in [7, 11) is 0. The zero-order chi connectivity index (χ0) is 21.2. The third kappa shape index (κ3) is 7.29. The van der Waals surface area contributed by atoms with Gasteiger partial charge in [0, 0.05) is 24.7 Å². The molecule has 0 saturated carbocycles. The predicted octanol–water partition coefficient (Wildman–Crippen LogP) is 3.55. The first-order valence-corrected chi connectivity index (χ1v) is 9.47. The zero-order valence-corrected chi connectivity index (χ0v) is 16.9. The quantitative estimate of drug-likeness (QED) is 0.630. The molecule has 0 aliphatic rings. The first-order chi connectivity index (χ1) is 13.9. The molecule has 0 aliphatic heterocycles. The van der Waals surface area contributed by atoms with E-state index in [-0.39, 0.29) is 12.3 Å². The van der Waals surface area contributed by atoms with Gasteiger partial charge < -0.3 is 20.1 Å². The van der Waals surface area contributed by atoms with Crippen molar-refractivity contribution in [1.29, 1.82) is 0 Å². The van der Waals surface area contributed by atoms with Crippen LogP contribution in [-0.4, -0.2) is 30.5 Å². The third-order valence-corrected chi connectivity index (χ3v) is 4.02. The Bertz CT molecular complexity index is 849. The van der Waals surface area contributed by atoms with Gasteiger partial charge in [-0.15, -0.1) is 0 Å². The summed E-state index contributed by atoms with van der Waals surface area (Å²) in [5, 5.41) is 5.32. The summed E-state index contributed by atoms with van der Waals surface area (Å²) in [6.07, 6.45) is -0.319. The maximum Gasteiger partial charge on any atom is 0.306 e. The summed E-state index contributed by atoms with van der Waals surface area (Å²) in [5.74, 6) is -0.317. The number of carbonyl (C=O) groups excluding carboxylic acids is 3. The van der Waals surface area contributed by atoms with Gasteiger partial charge in [0.25, 0.3) is 5.91 Å². The second-order valence-electron chi connectivity index (χ2n) is 6.42. The fourth-order valence-electron chi connectivity index (χ4n) is 2.64. The number of carbonyl (C=O) groups is 3. The number of rotatable bonds is 9. The van der Waals surface area contributed by atoms with E-state index in [1.54, 1.807) is 24.3 Å². The molecule has 154 valence electrons. The van der Waals surface area contributed by atoms with Crippen molar-refractivity contribution in [2.45, 2.75) is 39.7 Å². The maximum absolute atomic E-state index is 12.2. The molecule has 29 heavy (non-hydrogen) atoms. The predicted molar refractivity (Wildman–Crippen MR) is 111 cm³/mol. The number of para-hydroxylation sites is 1. The van der Waals surface area contributed by atoms with Gasteiger partial charge in [0.1, 0.15) is 5.75 Å². The molecule has 7 nitrogen and oxygen atoms in total. The summed E-state index contributed by atoms with van der Waals surface area (Å²) in [4.78, 5) is 35.4. The van der Waals surface area contributed by atoms with Gasteiger partial charge in [0.05, 0.1) is 6.61 Å².